The number of benzene rings is 1. The van der Waals surface area contributed by atoms with E-state index in [9.17, 15) is 13.6 Å². The summed E-state index contributed by atoms with van der Waals surface area (Å²) in [6.45, 7) is 2.37. The molecule has 1 rings (SSSR count). The molecule has 0 fully saturated rings. The zero-order chi connectivity index (χ0) is 11.6. The summed E-state index contributed by atoms with van der Waals surface area (Å²) in [7, 11) is 0. The molecule has 0 spiro atoms. The van der Waals surface area contributed by atoms with Crippen LogP contribution in [-0.4, -0.2) is 11.7 Å². The Morgan fingerprint density at radius 2 is 2.07 bits per heavy atom. The van der Waals surface area contributed by atoms with E-state index in [0.29, 0.717) is 17.5 Å². The van der Waals surface area contributed by atoms with E-state index in [0.717, 1.165) is 5.56 Å². The lowest BCUT2D eigenvalue weighted by molar-refractivity contribution is -0.139. The molecule has 0 aromatic heterocycles. The summed E-state index contributed by atoms with van der Waals surface area (Å²) in [5.41, 5.74) is 1.34. The van der Waals surface area contributed by atoms with Gasteiger partial charge in [0, 0.05) is 18.4 Å². The van der Waals surface area contributed by atoms with Crippen molar-refractivity contribution in [2.75, 3.05) is 0 Å². The van der Waals surface area contributed by atoms with Crippen molar-refractivity contribution in [1.29, 1.82) is 0 Å². The maximum Gasteiger partial charge on any atom is 0.302 e. The van der Waals surface area contributed by atoms with Crippen molar-refractivity contribution in [1.82, 2.24) is 0 Å². The molecule has 0 aliphatic carbocycles. The van der Waals surface area contributed by atoms with E-state index in [2.05, 4.69) is 0 Å². The number of hydrogen-bond donors (Lipinski definition) is 0. The Balaban J connectivity index is 2.83. The Kier molecular flexibility index (Phi) is 3.45. The molecule has 0 atom stereocenters. The van der Waals surface area contributed by atoms with Gasteiger partial charge in [-0.1, -0.05) is 23.7 Å². The van der Waals surface area contributed by atoms with Crippen LogP contribution in [0, 0.1) is 6.92 Å². The average molecular weight is 233 g/mol. The highest BCUT2D eigenvalue weighted by Crippen LogP contribution is 2.20. The first-order chi connectivity index (χ1) is 6.80. The minimum absolute atomic E-state index is 0.262. The average Bonchev–Trinajstić information content (AvgIpc) is 2.10. The van der Waals surface area contributed by atoms with E-state index < -0.39 is 11.7 Å². The lowest BCUT2D eigenvalue weighted by Crippen LogP contribution is -2.26. The maximum absolute atomic E-state index is 12.6. The first-order valence-electron chi connectivity index (χ1n) is 4.47. The van der Waals surface area contributed by atoms with Crippen LogP contribution in [0.15, 0.2) is 18.2 Å². The molecule has 4 heteroatoms. The van der Waals surface area contributed by atoms with Gasteiger partial charge in [-0.05, 0) is 24.1 Å². The lowest BCUT2D eigenvalue weighted by atomic mass is 10.0. The van der Waals surface area contributed by atoms with Gasteiger partial charge in [-0.15, -0.1) is 0 Å². The molecule has 0 amide bonds. The highest BCUT2D eigenvalue weighted by Gasteiger charge is 2.31. The first kappa shape index (κ1) is 12.1. The molecule has 1 nitrogen and oxygen atoms in total. The molecule has 0 bridgehead atoms. The number of rotatable bonds is 3. The Bertz CT molecular complexity index is 383. The smallest absolute Gasteiger partial charge is 0.293 e. The minimum Gasteiger partial charge on any atom is -0.293 e. The molecular formula is C11H11ClF2O. The second-order valence-corrected chi connectivity index (χ2v) is 3.98. The highest BCUT2D eigenvalue weighted by molar-refractivity contribution is 6.31. The van der Waals surface area contributed by atoms with Crippen LogP contribution < -0.4 is 0 Å². The molecule has 0 aliphatic rings. The Labute approximate surface area is 92.1 Å². The molecule has 0 heterocycles. The molecule has 0 saturated heterocycles. The third-order valence-corrected chi connectivity index (χ3v) is 2.50. The number of alkyl halides is 2. The van der Waals surface area contributed by atoms with Gasteiger partial charge in [0.2, 0.25) is 5.78 Å². The van der Waals surface area contributed by atoms with Crippen LogP contribution in [0.4, 0.5) is 8.78 Å². The van der Waals surface area contributed by atoms with Crippen LogP contribution in [0.1, 0.15) is 18.1 Å². The van der Waals surface area contributed by atoms with Crippen molar-refractivity contribution in [2.45, 2.75) is 26.2 Å². The zero-order valence-electron chi connectivity index (χ0n) is 8.48. The molecule has 0 N–H and O–H groups in total. The third-order valence-electron chi connectivity index (χ3n) is 2.08. The van der Waals surface area contributed by atoms with Crippen LogP contribution in [-0.2, 0) is 11.2 Å². The molecular weight excluding hydrogens is 222 g/mol. The van der Waals surface area contributed by atoms with E-state index in [1.807, 2.05) is 0 Å². The fourth-order valence-electron chi connectivity index (χ4n) is 1.16. The third kappa shape index (κ3) is 3.27. The summed E-state index contributed by atoms with van der Waals surface area (Å²) in [4.78, 5) is 11.0. The normalized spacial score (nSPS) is 11.5. The zero-order valence-corrected chi connectivity index (χ0v) is 9.24. The van der Waals surface area contributed by atoms with Gasteiger partial charge in [0.05, 0.1) is 0 Å². The van der Waals surface area contributed by atoms with Crippen LogP contribution in [0.5, 0.6) is 0 Å². The summed E-state index contributed by atoms with van der Waals surface area (Å²) in [6.07, 6.45) is -0.262. The molecule has 0 unspecified atom stereocenters. The van der Waals surface area contributed by atoms with Crippen molar-refractivity contribution in [3.05, 3.63) is 34.3 Å². The Morgan fingerprint density at radius 1 is 1.47 bits per heavy atom. The summed E-state index contributed by atoms with van der Waals surface area (Å²) in [5.74, 6) is -4.35. The number of hydrogen-bond acceptors (Lipinski definition) is 1. The van der Waals surface area contributed by atoms with E-state index in [1.54, 1.807) is 25.1 Å². The highest BCUT2D eigenvalue weighted by atomic mass is 35.5. The van der Waals surface area contributed by atoms with Gasteiger partial charge in [0.15, 0.2) is 0 Å². The van der Waals surface area contributed by atoms with Gasteiger partial charge in [-0.3, -0.25) is 4.79 Å². The summed E-state index contributed by atoms with van der Waals surface area (Å²) >= 11 is 5.77. The number of Topliss-reactive ketones (excluding diaryl/α,β-unsaturated/α-hetero) is 1. The summed E-state index contributed by atoms with van der Waals surface area (Å²) in [6, 6.07) is 4.83. The minimum atomic E-state index is -3.27. The van der Waals surface area contributed by atoms with E-state index >= 15 is 0 Å². The molecule has 1 aromatic rings. The van der Waals surface area contributed by atoms with Gasteiger partial charge in [0.25, 0.3) is 0 Å². The van der Waals surface area contributed by atoms with Crippen molar-refractivity contribution in [2.24, 2.45) is 0 Å². The van der Waals surface area contributed by atoms with E-state index in [-0.39, 0.29) is 6.42 Å². The monoisotopic (exact) mass is 232 g/mol. The van der Waals surface area contributed by atoms with Crippen molar-refractivity contribution in [3.63, 3.8) is 0 Å². The van der Waals surface area contributed by atoms with Crippen molar-refractivity contribution >= 4 is 17.4 Å². The topological polar surface area (TPSA) is 17.1 Å². The maximum atomic E-state index is 12.6. The van der Waals surface area contributed by atoms with Crippen molar-refractivity contribution < 1.29 is 13.6 Å². The lowest BCUT2D eigenvalue weighted by Gasteiger charge is -2.09. The number of carbonyl (C=O) groups excluding carboxylic acids is 1. The van der Waals surface area contributed by atoms with Crippen LogP contribution in [0.2, 0.25) is 5.02 Å². The Morgan fingerprint density at radius 3 is 2.53 bits per heavy atom. The van der Waals surface area contributed by atoms with Gasteiger partial charge >= 0.3 is 5.92 Å². The molecule has 15 heavy (non-hydrogen) atoms. The first-order valence-corrected chi connectivity index (χ1v) is 4.84. The number of carbonyl (C=O) groups is 1. The molecule has 0 radical (unpaired) electrons. The SMILES string of the molecule is Cc1cc(CC(=O)C(C)(F)F)ccc1Cl. The number of ketones is 1. The van der Waals surface area contributed by atoms with Gasteiger partial charge in [-0.25, -0.2) is 0 Å². The second kappa shape index (κ2) is 4.27. The number of aryl methyl sites for hydroxylation is 1. The van der Waals surface area contributed by atoms with Crippen LogP contribution in [0.3, 0.4) is 0 Å². The predicted octanol–water partition coefficient (Wildman–Crippen LogP) is 3.42. The van der Waals surface area contributed by atoms with Gasteiger partial charge in [-0.2, -0.15) is 8.78 Å². The molecule has 0 saturated carbocycles. The largest absolute Gasteiger partial charge is 0.302 e. The summed E-state index contributed by atoms with van der Waals surface area (Å²) in [5, 5.41) is 0.564. The van der Waals surface area contributed by atoms with Gasteiger partial charge in [0.1, 0.15) is 0 Å². The van der Waals surface area contributed by atoms with E-state index in [1.165, 1.54) is 0 Å². The Hall–Kier alpha value is -0.960. The van der Waals surface area contributed by atoms with E-state index in [4.69, 9.17) is 11.6 Å². The van der Waals surface area contributed by atoms with Crippen LogP contribution in [0.25, 0.3) is 0 Å². The number of halogens is 3. The molecule has 82 valence electrons. The predicted molar refractivity (Wildman–Crippen MR) is 55.5 cm³/mol. The fraction of sp³-hybridized carbons (Fsp3) is 0.364. The summed E-state index contributed by atoms with van der Waals surface area (Å²) < 4.78 is 25.2. The standard InChI is InChI=1S/C11H11ClF2O/c1-7-5-8(3-4-9(7)12)6-10(15)11(2,13)14/h3-5H,6H2,1-2H3. The molecule has 1 aromatic carbocycles. The fourth-order valence-corrected chi connectivity index (χ4v) is 1.27. The van der Waals surface area contributed by atoms with Crippen molar-refractivity contribution in [3.8, 4) is 0 Å². The van der Waals surface area contributed by atoms with Gasteiger partial charge < -0.3 is 0 Å². The quantitative estimate of drug-likeness (QED) is 0.781. The molecule has 0 aliphatic heterocycles. The second-order valence-electron chi connectivity index (χ2n) is 3.57. The van der Waals surface area contributed by atoms with Crippen LogP contribution >= 0.6 is 11.6 Å².